The molecule has 0 saturated carbocycles. The van der Waals surface area contributed by atoms with Crippen LogP contribution in [0.2, 0.25) is 0 Å². The van der Waals surface area contributed by atoms with Gasteiger partial charge in [0.25, 0.3) is 0 Å². The van der Waals surface area contributed by atoms with Gasteiger partial charge in [0.2, 0.25) is 0 Å². The highest BCUT2D eigenvalue weighted by Gasteiger charge is 2.26. The molecule has 0 aliphatic heterocycles. The van der Waals surface area contributed by atoms with Gasteiger partial charge in [0.15, 0.2) is 6.10 Å². The molecule has 75 heavy (non-hydrogen) atoms. The van der Waals surface area contributed by atoms with Crippen molar-refractivity contribution in [3.05, 3.63) is 134 Å². The van der Waals surface area contributed by atoms with Crippen molar-refractivity contribution in [2.24, 2.45) is 5.73 Å². The number of carbonyl (C=O) groups excluding carboxylic acids is 2. The van der Waals surface area contributed by atoms with E-state index >= 15 is 0 Å². The molecule has 0 rings (SSSR count). The number of unbranched alkanes of at least 4 members (excludes halogenated alkanes) is 19. The molecule has 0 fully saturated rings. The highest BCUT2D eigenvalue weighted by Crippen LogP contribution is 2.43. The van der Waals surface area contributed by atoms with E-state index in [9.17, 15) is 19.0 Å². The Hall–Kier alpha value is -3.85. The monoisotopic (exact) mass is 1060 g/mol. The molecule has 2 atom stereocenters. The summed E-state index contributed by atoms with van der Waals surface area (Å²) in [6.07, 6.45) is 83.7. The molecule has 3 N–H and O–H groups in total. The van der Waals surface area contributed by atoms with Crippen molar-refractivity contribution < 1.29 is 37.6 Å². The summed E-state index contributed by atoms with van der Waals surface area (Å²) in [5, 5.41) is 0. The van der Waals surface area contributed by atoms with E-state index in [2.05, 4.69) is 148 Å². The first kappa shape index (κ1) is 71.2. The average molecular weight is 1060 g/mol. The van der Waals surface area contributed by atoms with Crippen LogP contribution in [0.1, 0.15) is 232 Å². The van der Waals surface area contributed by atoms with Gasteiger partial charge in [0.05, 0.1) is 13.2 Å². The second kappa shape index (κ2) is 59.4. The highest BCUT2D eigenvalue weighted by molar-refractivity contribution is 7.47. The van der Waals surface area contributed by atoms with Gasteiger partial charge in [-0.1, -0.05) is 237 Å². The molecular formula is C65H108NO8P. The van der Waals surface area contributed by atoms with Gasteiger partial charge in [-0.05, 0) is 116 Å². The maximum Gasteiger partial charge on any atom is 0.472 e. The first-order valence-electron chi connectivity index (χ1n) is 29.7. The third-order valence-electron chi connectivity index (χ3n) is 12.0. The van der Waals surface area contributed by atoms with Gasteiger partial charge in [-0.2, -0.15) is 0 Å². The molecule has 0 radical (unpaired) electrons. The van der Waals surface area contributed by atoms with Gasteiger partial charge in [0.1, 0.15) is 6.61 Å². The molecule has 0 aromatic heterocycles. The van der Waals surface area contributed by atoms with Crippen LogP contribution in [0.25, 0.3) is 0 Å². The molecule has 426 valence electrons. The van der Waals surface area contributed by atoms with E-state index in [1.807, 2.05) is 0 Å². The molecule has 0 saturated heterocycles. The van der Waals surface area contributed by atoms with Crippen molar-refractivity contribution >= 4 is 19.8 Å². The van der Waals surface area contributed by atoms with Gasteiger partial charge >= 0.3 is 19.8 Å². The van der Waals surface area contributed by atoms with Gasteiger partial charge in [-0.25, -0.2) is 4.57 Å². The first-order chi connectivity index (χ1) is 36.8. The topological polar surface area (TPSA) is 134 Å². The SMILES string of the molecule is CC/C=C\C/C=C\C/C=C\C/C=C\C/C=C\C/C=C\C/C=C\C/C=C\C/C=C\C/C=C\CCCCCCCCCCC(=O)OC(COC(=O)CCCCCCC/C=C\CCCCCCCC)COP(=O)(O)OCCN. The number of phosphoric acid groups is 1. The molecule has 0 aliphatic rings. The third kappa shape index (κ3) is 59.3. The van der Waals surface area contributed by atoms with Crippen molar-refractivity contribution in [3.8, 4) is 0 Å². The summed E-state index contributed by atoms with van der Waals surface area (Å²) in [6, 6.07) is 0. The zero-order chi connectivity index (χ0) is 54.5. The second-order valence-electron chi connectivity index (χ2n) is 19.1. The Kier molecular flexibility index (Phi) is 56.3. The summed E-state index contributed by atoms with van der Waals surface area (Å²) in [4.78, 5) is 35.1. The van der Waals surface area contributed by atoms with Gasteiger partial charge < -0.3 is 20.1 Å². The largest absolute Gasteiger partial charge is 0.472 e. The zero-order valence-electron chi connectivity index (χ0n) is 47.5. The fourth-order valence-corrected chi connectivity index (χ4v) is 8.42. The van der Waals surface area contributed by atoms with Gasteiger partial charge in [-0.15, -0.1) is 0 Å². The van der Waals surface area contributed by atoms with Crippen LogP contribution in [0.15, 0.2) is 134 Å². The Morgan fingerprint density at radius 1 is 0.413 bits per heavy atom. The van der Waals surface area contributed by atoms with Crippen molar-refractivity contribution in [1.82, 2.24) is 0 Å². The molecule has 0 heterocycles. The molecule has 9 nitrogen and oxygen atoms in total. The normalized spacial score (nSPS) is 14.0. The number of ether oxygens (including phenoxy) is 2. The highest BCUT2D eigenvalue weighted by atomic mass is 31.2. The number of carbonyl (C=O) groups is 2. The molecule has 2 unspecified atom stereocenters. The van der Waals surface area contributed by atoms with E-state index in [0.29, 0.717) is 12.8 Å². The zero-order valence-corrected chi connectivity index (χ0v) is 48.4. The summed E-state index contributed by atoms with van der Waals surface area (Å²) in [5.74, 6) is -0.854. The van der Waals surface area contributed by atoms with Crippen LogP contribution in [0, 0.1) is 0 Å². The van der Waals surface area contributed by atoms with Crippen LogP contribution in [-0.4, -0.2) is 49.3 Å². The molecule has 0 aromatic rings. The molecule has 0 amide bonds. The smallest absolute Gasteiger partial charge is 0.462 e. The Morgan fingerprint density at radius 3 is 1.11 bits per heavy atom. The molecule has 0 spiro atoms. The number of hydrogen-bond donors (Lipinski definition) is 2. The number of phosphoric ester groups is 1. The van der Waals surface area contributed by atoms with Gasteiger partial charge in [-0.3, -0.25) is 18.6 Å². The molecular weight excluding hydrogens is 954 g/mol. The first-order valence-corrected chi connectivity index (χ1v) is 31.2. The van der Waals surface area contributed by atoms with E-state index in [0.717, 1.165) is 122 Å². The van der Waals surface area contributed by atoms with Crippen LogP contribution in [0.4, 0.5) is 0 Å². The molecule has 0 aromatic carbocycles. The minimum atomic E-state index is -4.40. The Balaban J connectivity index is 4.00. The van der Waals surface area contributed by atoms with Crippen LogP contribution >= 0.6 is 7.82 Å². The van der Waals surface area contributed by atoms with E-state index in [1.54, 1.807) is 0 Å². The fourth-order valence-electron chi connectivity index (χ4n) is 7.66. The number of rotatable bonds is 54. The standard InChI is InChI=1S/C65H108NO8P/c1-3-5-7-9-11-13-15-17-19-20-21-22-23-24-25-26-27-28-29-30-31-32-33-34-35-36-37-38-39-40-41-42-44-46-48-50-52-54-56-58-65(68)74-63(62-73-75(69,70)72-60-59-66)61-71-64(67)57-55-53-51-49-47-45-43-18-16-14-12-10-8-6-4-2/h5,7,11,13,17-19,21-22,24-25,27-28,30-31,33-34,36-37,39-40,43,63H,3-4,6,8-10,12,14-16,20,23,26,29,32,35,38,41-42,44-62,66H2,1-2H3,(H,69,70)/b7-5-,13-11-,19-17-,22-21-,25-24-,28-27-,31-30-,34-33-,37-36-,40-39-,43-18-. The molecule has 0 bridgehead atoms. The minimum absolute atomic E-state index is 0.0449. The van der Waals surface area contributed by atoms with Crippen molar-refractivity contribution in [2.45, 2.75) is 238 Å². The maximum atomic E-state index is 12.7. The number of allylic oxidation sites excluding steroid dienone is 22. The molecule has 10 heteroatoms. The van der Waals surface area contributed by atoms with Crippen LogP contribution < -0.4 is 5.73 Å². The average Bonchev–Trinajstić information content (AvgIpc) is 3.40. The summed E-state index contributed by atoms with van der Waals surface area (Å²) in [5.41, 5.74) is 5.37. The lowest BCUT2D eigenvalue weighted by atomic mass is 10.1. The fraction of sp³-hybridized carbons (Fsp3) is 0.631. The number of nitrogens with two attached hydrogens (primary N) is 1. The second-order valence-corrected chi connectivity index (χ2v) is 20.6. The van der Waals surface area contributed by atoms with E-state index in [-0.39, 0.29) is 32.6 Å². The number of hydrogen-bond acceptors (Lipinski definition) is 8. The maximum absolute atomic E-state index is 12.7. The lowest BCUT2D eigenvalue weighted by molar-refractivity contribution is -0.161. The van der Waals surface area contributed by atoms with Crippen molar-refractivity contribution in [1.29, 1.82) is 0 Å². The lowest BCUT2D eigenvalue weighted by Crippen LogP contribution is -2.29. The van der Waals surface area contributed by atoms with Crippen LogP contribution in [0.5, 0.6) is 0 Å². The Morgan fingerprint density at radius 2 is 0.733 bits per heavy atom. The molecule has 0 aliphatic carbocycles. The summed E-state index contributed by atoms with van der Waals surface area (Å²) in [7, 11) is -4.40. The summed E-state index contributed by atoms with van der Waals surface area (Å²) < 4.78 is 33.0. The summed E-state index contributed by atoms with van der Waals surface area (Å²) in [6.45, 7) is 3.59. The van der Waals surface area contributed by atoms with E-state index in [4.69, 9.17) is 24.3 Å². The van der Waals surface area contributed by atoms with Crippen LogP contribution in [-0.2, 0) is 32.7 Å². The predicted octanol–water partition coefficient (Wildman–Crippen LogP) is 19.0. The quantitative estimate of drug-likeness (QED) is 0.0264. The van der Waals surface area contributed by atoms with Gasteiger partial charge in [0, 0.05) is 19.4 Å². The van der Waals surface area contributed by atoms with Crippen LogP contribution in [0.3, 0.4) is 0 Å². The van der Waals surface area contributed by atoms with E-state index in [1.165, 1.54) is 70.6 Å². The van der Waals surface area contributed by atoms with Crippen molar-refractivity contribution in [3.63, 3.8) is 0 Å². The Bertz CT molecular complexity index is 1680. The minimum Gasteiger partial charge on any atom is -0.462 e. The lowest BCUT2D eigenvalue weighted by Gasteiger charge is -2.19. The Labute approximate surface area is 459 Å². The summed E-state index contributed by atoms with van der Waals surface area (Å²) >= 11 is 0. The predicted molar refractivity (Wildman–Crippen MR) is 320 cm³/mol. The number of esters is 2. The van der Waals surface area contributed by atoms with E-state index < -0.39 is 32.5 Å². The van der Waals surface area contributed by atoms with Crippen molar-refractivity contribution in [2.75, 3.05) is 26.4 Å². The third-order valence-corrected chi connectivity index (χ3v) is 13.0.